The zero-order chi connectivity index (χ0) is 27.5. The number of carbonyl (C=O) groups is 1. The van der Waals surface area contributed by atoms with E-state index in [1.807, 2.05) is 31.3 Å². The van der Waals surface area contributed by atoms with E-state index < -0.39 is 23.3 Å². The van der Waals surface area contributed by atoms with E-state index in [0.29, 0.717) is 12.2 Å². The van der Waals surface area contributed by atoms with Crippen molar-refractivity contribution in [1.82, 2.24) is 34.2 Å². The summed E-state index contributed by atoms with van der Waals surface area (Å²) in [6.45, 7) is 5.21. The Balaban J connectivity index is 0.000000426. The second kappa shape index (κ2) is 10.8. The number of piperidine rings is 1. The summed E-state index contributed by atoms with van der Waals surface area (Å²) in [7, 11) is 0. The molecule has 5 heterocycles. The van der Waals surface area contributed by atoms with Crippen molar-refractivity contribution in [3.8, 4) is 0 Å². The summed E-state index contributed by atoms with van der Waals surface area (Å²) >= 11 is 0. The SMILES string of the molecule is Cc1cnc(Cn2nc3n(c(=O)c2=O)CCC32CCN(Cc3ccccn3)CC2)cn1.O=C(O)C(F)(F)F. The number of aryl methyl sites for hydroxylation is 1. The third-order valence-electron chi connectivity index (χ3n) is 6.74. The fourth-order valence-electron chi connectivity index (χ4n) is 4.67. The minimum absolute atomic E-state index is 0.150. The molecule has 3 aromatic rings. The van der Waals surface area contributed by atoms with Gasteiger partial charge in [-0.3, -0.25) is 34.0 Å². The van der Waals surface area contributed by atoms with Gasteiger partial charge in [-0.25, -0.2) is 9.48 Å². The number of hydrogen-bond acceptors (Lipinski definition) is 8. The highest BCUT2D eigenvalue weighted by atomic mass is 19.4. The number of nitrogens with zero attached hydrogens (tertiary/aromatic N) is 7. The summed E-state index contributed by atoms with van der Waals surface area (Å²) in [4.78, 5) is 49.7. The van der Waals surface area contributed by atoms with E-state index in [2.05, 4.69) is 25.0 Å². The van der Waals surface area contributed by atoms with E-state index in [9.17, 15) is 22.8 Å². The maximum absolute atomic E-state index is 12.8. The van der Waals surface area contributed by atoms with Crippen LogP contribution in [0.4, 0.5) is 13.2 Å². The molecule has 0 bridgehead atoms. The molecule has 2 aliphatic rings. The molecule has 1 N–H and O–H groups in total. The van der Waals surface area contributed by atoms with Crippen molar-refractivity contribution in [2.45, 2.75) is 57.4 Å². The average molecular weight is 534 g/mol. The van der Waals surface area contributed by atoms with Crippen molar-refractivity contribution in [1.29, 1.82) is 0 Å². The molecule has 0 amide bonds. The zero-order valence-electron chi connectivity index (χ0n) is 20.6. The Labute approximate surface area is 214 Å². The molecular weight excluding hydrogens is 507 g/mol. The third-order valence-corrected chi connectivity index (χ3v) is 6.74. The van der Waals surface area contributed by atoms with E-state index in [4.69, 9.17) is 9.90 Å². The van der Waals surface area contributed by atoms with Crippen LogP contribution >= 0.6 is 0 Å². The van der Waals surface area contributed by atoms with Gasteiger partial charge in [-0.2, -0.15) is 18.3 Å². The molecule has 11 nitrogen and oxygen atoms in total. The van der Waals surface area contributed by atoms with Crippen LogP contribution in [0.5, 0.6) is 0 Å². The largest absolute Gasteiger partial charge is 0.490 e. The van der Waals surface area contributed by atoms with Crippen LogP contribution in [0.25, 0.3) is 0 Å². The highest BCUT2D eigenvalue weighted by Gasteiger charge is 2.44. The minimum atomic E-state index is -5.08. The third kappa shape index (κ3) is 5.96. The lowest BCUT2D eigenvalue weighted by molar-refractivity contribution is -0.192. The van der Waals surface area contributed by atoms with Gasteiger partial charge in [0.2, 0.25) is 0 Å². The van der Waals surface area contributed by atoms with Gasteiger partial charge in [0, 0.05) is 30.9 Å². The summed E-state index contributed by atoms with van der Waals surface area (Å²) in [5.41, 5.74) is 1.23. The maximum atomic E-state index is 12.8. The lowest BCUT2D eigenvalue weighted by Gasteiger charge is -2.38. The number of alkyl halides is 3. The lowest BCUT2D eigenvalue weighted by atomic mass is 9.76. The van der Waals surface area contributed by atoms with Gasteiger partial charge in [0.1, 0.15) is 5.82 Å². The van der Waals surface area contributed by atoms with Crippen LogP contribution in [-0.4, -0.2) is 64.5 Å². The summed E-state index contributed by atoms with van der Waals surface area (Å²) in [5.74, 6) is -2.01. The minimum Gasteiger partial charge on any atom is -0.475 e. The summed E-state index contributed by atoms with van der Waals surface area (Å²) in [5, 5.41) is 11.8. The van der Waals surface area contributed by atoms with Crippen molar-refractivity contribution in [3.05, 3.63) is 80.4 Å². The highest BCUT2D eigenvalue weighted by Crippen LogP contribution is 2.41. The molecule has 0 unspecified atom stereocenters. The Kier molecular flexibility index (Phi) is 7.71. The van der Waals surface area contributed by atoms with Gasteiger partial charge in [-0.05, 0) is 51.4 Å². The lowest BCUT2D eigenvalue weighted by Crippen LogP contribution is -2.47. The van der Waals surface area contributed by atoms with E-state index in [1.165, 1.54) is 4.68 Å². The van der Waals surface area contributed by atoms with Gasteiger partial charge in [-0.15, -0.1) is 0 Å². The first-order chi connectivity index (χ1) is 18.0. The van der Waals surface area contributed by atoms with Crippen LogP contribution in [0.3, 0.4) is 0 Å². The van der Waals surface area contributed by atoms with Gasteiger partial charge in [0.15, 0.2) is 0 Å². The molecule has 0 aliphatic carbocycles. The maximum Gasteiger partial charge on any atom is 0.490 e. The molecule has 2 aliphatic heterocycles. The number of aliphatic carboxylic acids is 1. The van der Waals surface area contributed by atoms with Crippen molar-refractivity contribution >= 4 is 5.97 Å². The number of carboxylic acid groups (broad SMARTS) is 1. The van der Waals surface area contributed by atoms with Gasteiger partial charge < -0.3 is 5.11 Å². The molecule has 0 atom stereocenters. The zero-order valence-corrected chi connectivity index (χ0v) is 20.6. The standard InChI is InChI=1S/C22H25N7O2.C2HF3O2/c1-16-12-25-18(13-24-16)15-29-20(31)19(30)28-11-7-22(21(28)26-29)5-9-27(10-6-22)14-17-4-2-3-8-23-17;3-2(4,5)1(6)7/h2-4,8,12-13H,5-7,9-11,14-15H2,1H3;(H,6,7). The Morgan fingerprint density at radius 3 is 2.24 bits per heavy atom. The molecule has 14 heteroatoms. The number of pyridine rings is 1. The number of likely N-dealkylation sites (tertiary alicyclic amines) is 1. The summed E-state index contributed by atoms with van der Waals surface area (Å²) in [6, 6.07) is 5.98. The van der Waals surface area contributed by atoms with E-state index in [0.717, 1.165) is 56.1 Å². The van der Waals surface area contributed by atoms with Crippen molar-refractivity contribution < 1.29 is 23.1 Å². The second-order valence-electron chi connectivity index (χ2n) is 9.32. The first kappa shape index (κ1) is 27.1. The number of aromatic nitrogens is 6. The molecule has 0 saturated carbocycles. The van der Waals surface area contributed by atoms with Gasteiger partial charge >= 0.3 is 23.3 Å². The Morgan fingerprint density at radius 2 is 1.66 bits per heavy atom. The smallest absolute Gasteiger partial charge is 0.475 e. The topological polar surface area (TPSA) is 136 Å². The number of fused-ring (bicyclic) bond motifs is 2. The molecule has 5 rings (SSSR count). The normalized spacial score (nSPS) is 16.5. The van der Waals surface area contributed by atoms with E-state index >= 15 is 0 Å². The van der Waals surface area contributed by atoms with Gasteiger partial charge in [0.25, 0.3) is 0 Å². The molecule has 202 valence electrons. The molecule has 1 fully saturated rings. The summed E-state index contributed by atoms with van der Waals surface area (Å²) in [6.07, 6.45) is 2.69. The van der Waals surface area contributed by atoms with E-state index in [-0.39, 0.29) is 12.0 Å². The van der Waals surface area contributed by atoms with Gasteiger partial charge in [-0.1, -0.05) is 6.07 Å². The van der Waals surface area contributed by atoms with Crippen LogP contribution in [0, 0.1) is 6.92 Å². The molecule has 1 saturated heterocycles. The highest BCUT2D eigenvalue weighted by molar-refractivity contribution is 5.73. The van der Waals surface area contributed by atoms with E-state index in [1.54, 1.807) is 17.0 Å². The van der Waals surface area contributed by atoms with Crippen LogP contribution in [0.15, 0.2) is 46.4 Å². The quantitative estimate of drug-likeness (QED) is 0.495. The Hall–Kier alpha value is -3.94. The van der Waals surface area contributed by atoms with Crippen LogP contribution < -0.4 is 11.1 Å². The Morgan fingerprint density at radius 1 is 0.974 bits per heavy atom. The molecule has 1 spiro atoms. The van der Waals surface area contributed by atoms with Crippen LogP contribution in [0.2, 0.25) is 0 Å². The molecule has 0 radical (unpaired) electrons. The predicted octanol–water partition coefficient (Wildman–Crippen LogP) is 1.52. The number of rotatable bonds is 4. The van der Waals surface area contributed by atoms with Gasteiger partial charge in [0.05, 0.1) is 29.8 Å². The fourth-order valence-corrected chi connectivity index (χ4v) is 4.67. The molecule has 38 heavy (non-hydrogen) atoms. The monoisotopic (exact) mass is 533 g/mol. The average Bonchev–Trinajstić information content (AvgIpc) is 3.23. The van der Waals surface area contributed by atoms with Crippen LogP contribution in [0.1, 0.15) is 42.2 Å². The first-order valence-corrected chi connectivity index (χ1v) is 11.9. The van der Waals surface area contributed by atoms with Crippen LogP contribution in [-0.2, 0) is 29.8 Å². The van der Waals surface area contributed by atoms with Crippen molar-refractivity contribution in [3.63, 3.8) is 0 Å². The Bertz CT molecular complexity index is 1400. The summed E-state index contributed by atoms with van der Waals surface area (Å²) < 4.78 is 34.6. The number of halogens is 3. The molecular formula is C24H26F3N7O4. The molecule has 0 aromatic carbocycles. The number of hydrogen-bond donors (Lipinski definition) is 1. The van der Waals surface area contributed by atoms with Crippen molar-refractivity contribution in [2.75, 3.05) is 13.1 Å². The fraction of sp³-hybridized carbons (Fsp3) is 0.458. The second-order valence-corrected chi connectivity index (χ2v) is 9.32. The number of carboxylic acids is 1. The molecule has 3 aromatic heterocycles. The van der Waals surface area contributed by atoms with Crippen molar-refractivity contribution in [2.24, 2.45) is 0 Å². The first-order valence-electron chi connectivity index (χ1n) is 11.9. The predicted molar refractivity (Wildman–Crippen MR) is 127 cm³/mol.